The Hall–Kier alpha value is -1.19. The molecule has 0 saturated heterocycles. The maximum Gasteiger partial charge on any atom is 0.573 e. The number of halogens is 3. The topological polar surface area (TPSA) is 9.23 Å². The minimum Gasteiger partial charge on any atom is -0.405 e. The highest BCUT2D eigenvalue weighted by Crippen LogP contribution is 2.43. The standard InChI is InChI=1S/C22H31F3O/c1-2-6-16-9-11-17(12-10-16)19-13-14-21(26-22(23,24)25)20(15-19)18-7-4-3-5-8-18/h13-18H,2-12H2,1H3. The molecule has 2 aliphatic carbocycles. The molecule has 4 heteroatoms. The molecule has 0 radical (unpaired) electrons. The number of hydrogen-bond acceptors (Lipinski definition) is 1. The first kappa shape index (κ1) is 19.6. The molecular weight excluding hydrogens is 337 g/mol. The van der Waals surface area contributed by atoms with E-state index in [-0.39, 0.29) is 11.7 Å². The van der Waals surface area contributed by atoms with Crippen molar-refractivity contribution in [2.45, 2.75) is 95.8 Å². The van der Waals surface area contributed by atoms with Crippen molar-refractivity contribution in [3.05, 3.63) is 29.3 Å². The van der Waals surface area contributed by atoms with E-state index in [2.05, 4.69) is 11.7 Å². The van der Waals surface area contributed by atoms with Crippen molar-refractivity contribution in [1.82, 2.24) is 0 Å². The quantitative estimate of drug-likeness (QED) is 0.517. The predicted molar refractivity (Wildman–Crippen MR) is 98.6 cm³/mol. The maximum absolute atomic E-state index is 12.8. The Bertz CT molecular complexity index is 567. The van der Waals surface area contributed by atoms with Crippen LogP contribution in [0.4, 0.5) is 13.2 Å². The van der Waals surface area contributed by atoms with Crippen LogP contribution in [0.25, 0.3) is 0 Å². The van der Waals surface area contributed by atoms with Crippen molar-refractivity contribution in [2.24, 2.45) is 5.92 Å². The summed E-state index contributed by atoms with van der Waals surface area (Å²) < 4.78 is 42.9. The number of benzene rings is 1. The molecule has 0 spiro atoms. The zero-order chi connectivity index (χ0) is 18.6. The smallest absolute Gasteiger partial charge is 0.405 e. The van der Waals surface area contributed by atoms with Gasteiger partial charge in [-0.1, -0.05) is 51.2 Å². The van der Waals surface area contributed by atoms with Gasteiger partial charge in [0.05, 0.1) is 0 Å². The van der Waals surface area contributed by atoms with E-state index in [1.165, 1.54) is 37.7 Å². The first-order valence-electron chi connectivity index (χ1n) is 10.4. The van der Waals surface area contributed by atoms with Crippen molar-refractivity contribution in [1.29, 1.82) is 0 Å². The molecule has 0 aliphatic heterocycles. The average molecular weight is 368 g/mol. The summed E-state index contributed by atoms with van der Waals surface area (Å²) in [6.45, 7) is 2.24. The van der Waals surface area contributed by atoms with E-state index in [0.717, 1.165) is 50.0 Å². The summed E-state index contributed by atoms with van der Waals surface area (Å²) in [5.41, 5.74) is 2.00. The van der Waals surface area contributed by atoms with Gasteiger partial charge in [0.2, 0.25) is 0 Å². The fraction of sp³-hybridized carbons (Fsp3) is 0.727. The van der Waals surface area contributed by atoms with Gasteiger partial charge < -0.3 is 4.74 Å². The fourth-order valence-electron chi connectivity index (χ4n) is 4.96. The maximum atomic E-state index is 12.8. The molecule has 2 saturated carbocycles. The largest absolute Gasteiger partial charge is 0.573 e. The van der Waals surface area contributed by atoms with Gasteiger partial charge in [-0.3, -0.25) is 0 Å². The van der Waals surface area contributed by atoms with Crippen LogP contribution in [0.5, 0.6) is 5.75 Å². The van der Waals surface area contributed by atoms with E-state index in [4.69, 9.17) is 0 Å². The molecule has 0 unspecified atom stereocenters. The lowest BCUT2D eigenvalue weighted by atomic mass is 9.76. The molecule has 1 nitrogen and oxygen atoms in total. The number of ether oxygens (including phenoxy) is 1. The first-order valence-corrected chi connectivity index (χ1v) is 10.4. The van der Waals surface area contributed by atoms with Crippen molar-refractivity contribution < 1.29 is 17.9 Å². The molecule has 0 bridgehead atoms. The van der Waals surface area contributed by atoms with Crippen LogP contribution in [0.15, 0.2) is 18.2 Å². The van der Waals surface area contributed by atoms with Crippen molar-refractivity contribution in [2.75, 3.05) is 0 Å². The molecule has 0 heterocycles. The highest BCUT2D eigenvalue weighted by atomic mass is 19.4. The van der Waals surface area contributed by atoms with Crippen LogP contribution in [0, 0.1) is 5.92 Å². The second kappa shape index (κ2) is 8.67. The van der Waals surface area contributed by atoms with E-state index in [1.54, 1.807) is 6.07 Å². The lowest BCUT2D eigenvalue weighted by Crippen LogP contribution is -2.20. The lowest BCUT2D eigenvalue weighted by molar-refractivity contribution is -0.275. The SMILES string of the molecule is CCCC1CCC(c2ccc(OC(F)(F)F)c(C3CCCCC3)c2)CC1. The molecule has 1 aromatic carbocycles. The Morgan fingerprint density at radius 1 is 0.923 bits per heavy atom. The molecule has 1 aromatic rings. The third kappa shape index (κ3) is 5.17. The summed E-state index contributed by atoms with van der Waals surface area (Å²) >= 11 is 0. The van der Waals surface area contributed by atoms with Gasteiger partial charge >= 0.3 is 6.36 Å². The summed E-state index contributed by atoms with van der Waals surface area (Å²) in [7, 11) is 0. The monoisotopic (exact) mass is 368 g/mol. The Balaban J connectivity index is 1.79. The molecule has 146 valence electrons. The highest BCUT2D eigenvalue weighted by molar-refractivity contribution is 5.41. The Kier molecular flexibility index (Phi) is 6.52. The Morgan fingerprint density at radius 2 is 1.62 bits per heavy atom. The van der Waals surface area contributed by atoms with E-state index in [9.17, 15) is 13.2 Å². The number of alkyl halides is 3. The third-order valence-electron chi connectivity index (χ3n) is 6.32. The van der Waals surface area contributed by atoms with Gasteiger partial charge in [0.25, 0.3) is 0 Å². The minimum atomic E-state index is -4.62. The summed E-state index contributed by atoms with van der Waals surface area (Å²) in [6, 6.07) is 5.49. The number of hydrogen-bond donors (Lipinski definition) is 0. The summed E-state index contributed by atoms with van der Waals surface area (Å²) in [4.78, 5) is 0. The van der Waals surface area contributed by atoms with Crippen LogP contribution in [0.3, 0.4) is 0 Å². The van der Waals surface area contributed by atoms with E-state index >= 15 is 0 Å². The molecule has 0 N–H and O–H groups in total. The molecule has 0 amide bonds. The summed E-state index contributed by atoms with van der Waals surface area (Å²) in [6.07, 6.45) is 8.07. The van der Waals surface area contributed by atoms with Crippen molar-refractivity contribution >= 4 is 0 Å². The highest BCUT2D eigenvalue weighted by Gasteiger charge is 2.34. The second-order valence-electron chi connectivity index (χ2n) is 8.19. The molecule has 0 atom stereocenters. The van der Waals surface area contributed by atoms with Gasteiger partial charge in [0.15, 0.2) is 0 Å². The van der Waals surface area contributed by atoms with Crippen LogP contribution in [-0.2, 0) is 0 Å². The van der Waals surface area contributed by atoms with Crippen LogP contribution >= 0.6 is 0 Å². The van der Waals surface area contributed by atoms with E-state index in [0.29, 0.717) is 5.92 Å². The van der Waals surface area contributed by atoms with E-state index in [1.807, 2.05) is 12.1 Å². The van der Waals surface area contributed by atoms with E-state index < -0.39 is 6.36 Å². The van der Waals surface area contributed by atoms with Gasteiger partial charge in [-0.05, 0) is 73.5 Å². The van der Waals surface area contributed by atoms with Crippen LogP contribution in [0.2, 0.25) is 0 Å². The Morgan fingerprint density at radius 3 is 2.23 bits per heavy atom. The van der Waals surface area contributed by atoms with Gasteiger partial charge in [-0.15, -0.1) is 13.2 Å². The minimum absolute atomic E-state index is 0.0211. The van der Waals surface area contributed by atoms with Crippen LogP contribution in [-0.4, -0.2) is 6.36 Å². The number of rotatable bonds is 5. The van der Waals surface area contributed by atoms with Crippen LogP contribution < -0.4 is 4.74 Å². The van der Waals surface area contributed by atoms with Gasteiger partial charge in [0.1, 0.15) is 5.75 Å². The van der Waals surface area contributed by atoms with Crippen LogP contribution in [0.1, 0.15) is 101 Å². The predicted octanol–water partition coefficient (Wildman–Crippen LogP) is 7.71. The normalized spacial score (nSPS) is 25.2. The van der Waals surface area contributed by atoms with Crippen molar-refractivity contribution in [3.8, 4) is 5.75 Å². The summed E-state index contributed by atoms with van der Waals surface area (Å²) in [5.74, 6) is 1.55. The van der Waals surface area contributed by atoms with Gasteiger partial charge in [0, 0.05) is 0 Å². The fourth-order valence-corrected chi connectivity index (χ4v) is 4.96. The Labute approximate surface area is 155 Å². The first-order chi connectivity index (χ1) is 12.5. The molecule has 2 aliphatic rings. The zero-order valence-corrected chi connectivity index (χ0v) is 15.8. The molecular formula is C22H31F3O. The summed E-state index contributed by atoms with van der Waals surface area (Å²) in [5, 5.41) is 0. The zero-order valence-electron chi connectivity index (χ0n) is 15.8. The molecule has 2 fully saturated rings. The molecule has 26 heavy (non-hydrogen) atoms. The van der Waals surface area contributed by atoms with Gasteiger partial charge in [-0.25, -0.2) is 0 Å². The lowest BCUT2D eigenvalue weighted by Gasteiger charge is -2.30. The second-order valence-corrected chi connectivity index (χ2v) is 8.19. The van der Waals surface area contributed by atoms with Gasteiger partial charge in [-0.2, -0.15) is 0 Å². The molecule has 0 aromatic heterocycles. The molecule has 3 rings (SSSR count). The average Bonchev–Trinajstić information content (AvgIpc) is 2.62. The third-order valence-corrected chi connectivity index (χ3v) is 6.32. The van der Waals surface area contributed by atoms with Crippen molar-refractivity contribution in [3.63, 3.8) is 0 Å².